The SMILES string of the molecule is CCOc1ccc(OCC)c(NC(N)=NCCCN(C)CC(F)(F)F)c1. The summed E-state index contributed by atoms with van der Waals surface area (Å²) in [5, 5.41) is 2.95. The van der Waals surface area contributed by atoms with Crippen molar-refractivity contribution in [1.82, 2.24) is 4.90 Å². The largest absolute Gasteiger partial charge is 0.494 e. The molecule has 9 heteroatoms. The van der Waals surface area contributed by atoms with Crippen LogP contribution in [0.2, 0.25) is 0 Å². The Morgan fingerprint density at radius 2 is 1.92 bits per heavy atom. The molecule has 0 aliphatic carbocycles. The van der Waals surface area contributed by atoms with Crippen molar-refractivity contribution >= 4 is 11.6 Å². The number of benzene rings is 1. The van der Waals surface area contributed by atoms with Gasteiger partial charge in [-0.15, -0.1) is 0 Å². The van der Waals surface area contributed by atoms with Crippen LogP contribution in [0.15, 0.2) is 23.2 Å². The fourth-order valence-electron chi connectivity index (χ4n) is 2.25. The van der Waals surface area contributed by atoms with Crippen LogP contribution in [0.25, 0.3) is 0 Å². The van der Waals surface area contributed by atoms with Crippen molar-refractivity contribution in [2.75, 3.05) is 45.2 Å². The average molecular weight is 376 g/mol. The van der Waals surface area contributed by atoms with Crippen LogP contribution < -0.4 is 20.5 Å². The van der Waals surface area contributed by atoms with Gasteiger partial charge in [0.05, 0.1) is 25.4 Å². The number of hydrogen-bond donors (Lipinski definition) is 2. The smallest absolute Gasteiger partial charge is 0.401 e. The van der Waals surface area contributed by atoms with E-state index in [1.165, 1.54) is 11.9 Å². The van der Waals surface area contributed by atoms with E-state index in [0.29, 0.717) is 43.4 Å². The molecule has 0 heterocycles. The fraction of sp³-hybridized carbons (Fsp3) is 0.588. The minimum atomic E-state index is -4.19. The first-order valence-electron chi connectivity index (χ1n) is 8.47. The number of ether oxygens (including phenoxy) is 2. The number of anilines is 1. The standard InChI is InChI=1S/C17H27F3N4O2/c1-4-25-13-7-8-15(26-5-2)14(11-13)23-16(21)22-9-6-10-24(3)12-17(18,19)20/h7-8,11H,4-6,9-10,12H2,1-3H3,(H3,21,22,23). The summed E-state index contributed by atoms with van der Waals surface area (Å²) >= 11 is 0. The third-order valence-electron chi connectivity index (χ3n) is 3.25. The van der Waals surface area contributed by atoms with Crippen LogP contribution >= 0.6 is 0 Å². The van der Waals surface area contributed by atoms with Gasteiger partial charge in [0.15, 0.2) is 5.96 Å². The summed E-state index contributed by atoms with van der Waals surface area (Å²) in [7, 11) is 1.42. The van der Waals surface area contributed by atoms with Gasteiger partial charge in [0.1, 0.15) is 11.5 Å². The third kappa shape index (κ3) is 8.80. The molecule has 1 rings (SSSR count). The van der Waals surface area contributed by atoms with Crippen LogP contribution in [0.4, 0.5) is 18.9 Å². The van der Waals surface area contributed by atoms with Crippen LogP contribution in [0.1, 0.15) is 20.3 Å². The molecule has 0 fully saturated rings. The molecule has 1 aromatic carbocycles. The summed E-state index contributed by atoms with van der Waals surface area (Å²) in [6.45, 7) is 4.43. The molecule has 0 spiro atoms. The molecule has 0 aliphatic rings. The van der Waals surface area contributed by atoms with E-state index in [0.717, 1.165) is 0 Å². The number of halogens is 3. The Morgan fingerprint density at radius 1 is 1.23 bits per heavy atom. The maximum absolute atomic E-state index is 12.3. The summed E-state index contributed by atoms with van der Waals surface area (Å²) < 4.78 is 47.7. The summed E-state index contributed by atoms with van der Waals surface area (Å²) in [5.41, 5.74) is 6.48. The van der Waals surface area contributed by atoms with E-state index < -0.39 is 12.7 Å². The lowest BCUT2D eigenvalue weighted by Crippen LogP contribution is -2.32. The lowest BCUT2D eigenvalue weighted by molar-refractivity contribution is -0.143. The van der Waals surface area contributed by atoms with Crippen LogP contribution in [-0.4, -0.2) is 56.9 Å². The highest BCUT2D eigenvalue weighted by molar-refractivity contribution is 5.94. The Kier molecular flexibility index (Phi) is 9.04. The molecular formula is C17H27F3N4O2. The van der Waals surface area contributed by atoms with Gasteiger partial charge in [-0.3, -0.25) is 9.89 Å². The minimum Gasteiger partial charge on any atom is -0.494 e. The van der Waals surface area contributed by atoms with Gasteiger partial charge in [0.2, 0.25) is 0 Å². The molecule has 0 atom stereocenters. The van der Waals surface area contributed by atoms with Gasteiger partial charge in [0.25, 0.3) is 0 Å². The van der Waals surface area contributed by atoms with E-state index >= 15 is 0 Å². The van der Waals surface area contributed by atoms with Gasteiger partial charge in [-0.2, -0.15) is 13.2 Å². The van der Waals surface area contributed by atoms with Crippen LogP contribution in [0.3, 0.4) is 0 Å². The molecule has 1 aromatic rings. The fourth-order valence-corrected chi connectivity index (χ4v) is 2.25. The number of nitrogens with zero attached hydrogens (tertiary/aromatic N) is 2. The van der Waals surface area contributed by atoms with E-state index in [1.54, 1.807) is 18.2 Å². The normalized spacial score (nSPS) is 12.3. The van der Waals surface area contributed by atoms with Crippen molar-refractivity contribution in [3.05, 3.63) is 18.2 Å². The van der Waals surface area contributed by atoms with Crippen molar-refractivity contribution in [1.29, 1.82) is 0 Å². The molecule has 6 nitrogen and oxygen atoms in total. The number of hydrogen-bond acceptors (Lipinski definition) is 4. The van der Waals surface area contributed by atoms with Gasteiger partial charge >= 0.3 is 6.18 Å². The third-order valence-corrected chi connectivity index (χ3v) is 3.25. The minimum absolute atomic E-state index is 0.165. The van der Waals surface area contributed by atoms with Gasteiger partial charge in [-0.25, -0.2) is 0 Å². The topological polar surface area (TPSA) is 72.1 Å². The van der Waals surface area contributed by atoms with Gasteiger partial charge in [-0.05, 0) is 46.0 Å². The first-order chi connectivity index (χ1) is 12.2. The molecule has 0 aliphatic heterocycles. The van der Waals surface area contributed by atoms with Crippen LogP contribution in [0.5, 0.6) is 11.5 Å². The van der Waals surface area contributed by atoms with E-state index in [2.05, 4.69) is 10.3 Å². The summed E-state index contributed by atoms with van der Waals surface area (Å²) in [6.07, 6.45) is -3.73. The Hall–Kier alpha value is -2.16. The summed E-state index contributed by atoms with van der Waals surface area (Å²) in [5.74, 6) is 1.44. The monoisotopic (exact) mass is 376 g/mol. The predicted molar refractivity (Wildman–Crippen MR) is 97.1 cm³/mol. The maximum atomic E-state index is 12.3. The van der Waals surface area contributed by atoms with Crippen LogP contribution in [0, 0.1) is 0 Å². The molecule has 0 aromatic heterocycles. The number of nitrogens with two attached hydrogens (primary N) is 1. The highest BCUT2D eigenvalue weighted by atomic mass is 19.4. The van der Waals surface area contributed by atoms with E-state index in [9.17, 15) is 13.2 Å². The number of nitrogens with one attached hydrogen (secondary N) is 1. The van der Waals surface area contributed by atoms with Crippen molar-refractivity contribution in [2.45, 2.75) is 26.4 Å². The van der Waals surface area contributed by atoms with Gasteiger partial charge in [0, 0.05) is 12.6 Å². The van der Waals surface area contributed by atoms with Gasteiger partial charge < -0.3 is 20.5 Å². The molecule has 148 valence electrons. The average Bonchev–Trinajstić information content (AvgIpc) is 2.53. The predicted octanol–water partition coefficient (Wildman–Crippen LogP) is 3.09. The highest BCUT2D eigenvalue weighted by Crippen LogP contribution is 2.29. The Bertz CT molecular complexity index is 580. The lowest BCUT2D eigenvalue weighted by Gasteiger charge is -2.17. The second-order valence-corrected chi connectivity index (χ2v) is 5.62. The molecule has 3 N–H and O–H groups in total. The zero-order valence-electron chi connectivity index (χ0n) is 15.4. The number of guanidine groups is 1. The van der Waals surface area contributed by atoms with Crippen molar-refractivity contribution in [3.63, 3.8) is 0 Å². The molecule has 0 bridgehead atoms. The quantitative estimate of drug-likeness (QED) is 0.373. The first kappa shape index (κ1) is 21.9. The molecule has 26 heavy (non-hydrogen) atoms. The molecule has 0 unspecified atom stereocenters. The molecular weight excluding hydrogens is 349 g/mol. The zero-order chi connectivity index (χ0) is 19.6. The molecule has 0 radical (unpaired) electrons. The Balaban J connectivity index is 2.58. The number of alkyl halides is 3. The molecule has 0 amide bonds. The van der Waals surface area contributed by atoms with Crippen molar-refractivity contribution in [2.24, 2.45) is 10.7 Å². The zero-order valence-corrected chi connectivity index (χ0v) is 15.4. The first-order valence-corrected chi connectivity index (χ1v) is 8.47. The number of rotatable bonds is 10. The maximum Gasteiger partial charge on any atom is 0.401 e. The Morgan fingerprint density at radius 3 is 2.54 bits per heavy atom. The Labute approximate surface area is 152 Å². The molecule has 0 saturated heterocycles. The van der Waals surface area contributed by atoms with Gasteiger partial charge in [-0.1, -0.05) is 0 Å². The van der Waals surface area contributed by atoms with E-state index in [1.807, 2.05) is 13.8 Å². The molecule has 0 saturated carbocycles. The van der Waals surface area contributed by atoms with E-state index in [-0.39, 0.29) is 12.5 Å². The second-order valence-electron chi connectivity index (χ2n) is 5.62. The lowest BCUT2D eigenvalue weighted by atomic mass is 10.2. The van der Waals surface area contributed by atoms with Crippen molar-refractivity contribution < 1.29 is 22.6 Å². The summed E-state index contributed by atoms with van der Waals surface area (Å²) in [4.78, 5) is 5.35. The van der Waals surface area contributed by atoms with Crippen LogP contribution in [-0.2, 0) is 0 Å². The summed E-state index contributed by atoms with van der Waals surface area (Å²) in [6, 6.07) is 5.33. The van der Waals surface area contributed by atoms with Crippen molar-refractivity contribution in [3.8, 4) is 11.5 Å². The second kappa shape index (κ2) is 10.7. The van der Waals surface area contributed by atoms with E-state index in [4.69, 9.17) is 15.2 Å². The number of aliphatic imine (C=N–C) groups is 1. The highest BCUT2D eigenvalue weighted by Gasteiger charge is 2.28.